The number of nitrogens with zero attached hydrogens (tertiary/aromatic N) is 3. The van der Waals surface area contributed by atoms with Gasteiger partial charge in [0.1, 0.15) is 0 Å². The van der Waals surface area contributed by atoms with Crippen LogP contribution in [0.3, 0.4) is 0 Å². The zero-order valence-electron chi connectivity index (χ0n) is 12.4. The molecule has 0 aliphatic carbocycles. The van der Waals surface area contributed by atoms with Gasteiger partial charge in [-0.25, -0.2) is 0 Å². The van der Waals surface area contributed by atoms with Crippen molar-refractivity contribution < 1.29 is 4.74 Å². The molecule has 0 spiro atoms. The Morgan fingerprint density at radius 1 is 1.24 bits per heavy atom. The molecular weight excluding hydrogens is 288 g/mol. The highest BCUT2D eigenvalue weighted by atomic mass is 35.5. The fourth-order valence-electron chi connectivity index (χ4n) is 1.69. The molecule has 0 saturated carbocycles. The summed E-state index contributed by atoms with van der Waals surface area (Å²) in [6.45, 7) is 6.74. The fourth-order valence-corrected chi connectivity index (χ4v) is 1.88. The van der Waals surface area contributed by atoms with E-state index in [2.05, 4.69) is 27.2 Å². The first-order valence-electron chi connectivity index (χ1n) is 7.01. The molecule has 1 aromatic carbocycles. The normalized spacial score (nSPS) is 10.7. The third-order valence-electron chi connectivity index (χ3n) is 2.57. The number of nitrogens with one attached hydrogen (secondary N) is 1. The van der Waals surface area contributed by atoms with Crippen LogP contribution < -0.4 is 10.1 Å². The molecule has 0 bridgehead atoms. The Hall–Kier alpha value is -1.88. The number of rotatable bonds is 6. The van der Waals surface area contributed by atoms with E-state index in [9.17, 15) is 0 Å². The van der Waals surface area contributed by atoms with Crippen LogP contribution in [0.4, 0.5) is 5.95 Å². The van der Waals surface area contributed by atoms with Crippen LogP contribution in [0.25, 0.3) is 11.4 Å². The van der Waals surface area contributed by atoms with Crippen LogP contribution in [-0.4, -0.2) is 27.6 Å². The lowest BCUT2D eigenvalue weighted by Gasteiger charge is -2.11. The molecule has 0 radical (unpaired) electrons. The highest BCUT2D eigenvalue weighted by Crippen LogP contribution is 2.22. The lowest BCUT2D eigenvalue weighted by Crippen LogP contribution is -2.12. The number of benzene rings is 1. The zero-order valence-corrected chi connectivity index (χ0v) is 13.2. The van der Waals surface area contributed by atoms with Gasteiger partial charge < -0.3 is 10.1 Å². The van der Waals surface area contributed by atoms with Gasteiger partial charge in [0.15, 0.2) is 5.82 Å². The van der Waals surface area contributed by atoms with Gasteiger partial charge in [0.05, 0.1) is 6.10 Å². The van der Waals surface area contributed by atoms with E-state index in [0.717, 1.165) is 18.5 Å². The first kappa shape index (κ1) is 15.5. The third kappa shape index (κ3) is 4.56. The molecule has 6 heteroatoms. The predicted octanol–water partition coefficient (Wildman–Crippen LogP) is 3.80. The minimum atomic E-state index is -0.00126. The molecule has 0 aliphatic heterocycles. The number of hydrogen-bond acceptors (Lipinski definition) is 5. The second-order valence-electron chi connectivity index (χ2n) is 4.87. The molecule has 0 amide bonds. The first-order chi connectivity index (χ1) is 10.1. The lowest BCUT2D eigenvalue weighted by molar-refractivity contribution is 0.222. The SMILES string of the molecule is CCCNc1nc(OC(C)C)nc(-c2cccc(Cl)c2)n1. The van der Waals surface area contributed by atoms with Gasteiger partial charge in [-0.05, 0) is 32.4 Å². The maximum atomic E-state index is 6.02. The summed E-state index contributed by atoms with van der Waals surface area (Å²) in [5.41, 5.74) is 0.832. The van der Waals surface area contributed by atoms with E-state index >= 15 is 0 Å². The van der Waals surface area contributed by atoms with Crippen LogP contribution in [-0.2, 0) is 0 Å². The van der Waals surface area contributed by atoms with Crippen molar-refractivity contribution in [3.8, 4) is 17.4 Å². The third-order valence-corrected chi connectivity index (χ3v) is 2.81. The summed E-state index contributed by atoms with van der Waals surface area (Å²) in [6.07, 6.45) is 0.983. The van der Waals surface area contributed by atoms with Gasteiger partial charge >= 0.3 is 6.01 Å². The minimum Gasteiger partial charge on any atom is -0.461 e. The van der Waals surface area contributed by atoms with E-state index in [1.54, 1.807) is 0 Å². The molecule has 0 unspecified atom stereocenters. The molecule has 2 rings (SSSR count). The number of anilines is 1. The van der Waals surface area contributed by atoms with Crippen molar-refractivity contribution in [2.75, 3.05) is 11.9 Å². The average molecular weight is 307 g/mol. The smallest absolute Gasteiger partial charge is 0.322 e. The van der Waals surface area contributed by atoms with Crippen molar-refractivity contribution in [2.45, 2.75) is 33.3 Å². The van der Waals surface area contributed by atoms with Crippen molar-refractivity contribution in [1.82, 2.24) is 15.0 Å². The van der Waals surface area contributed by atoms with Gasteiger partial charge in [0.2, 0.25) is 5.95 Å². The van der Waals surface area contributed by atoms with Crippen LogP contribution in [0.15, 0.2) is 24.3 Å². The van der Waals surface area contributed by atoms with Crippen LogP contribution in [0, 0.1) is 0 Å². The maximum absolute atomic E-state index is 6.02. The molecule has 0 atom stereocenters. The van der Waals surface area contributed by atoms with Gasteiger partial charge in [-0.1, -0.05) is 30.7 Å². The van der Waals surface area contributed by atoms with Crippen LogP contribution in [0.5, 0.6) is 6.01 Å². The largest absolute Gasteiger partial charge is 0.461 e. The molecular formula is C15H19ClN4O. The minimum absolute atomic E-state index is 0.00126. The van der Waals surface area contributed by atoms with Gasteiger partial charge in [0.25, 0.3) is 0 Å². The Morgan fingerprint density at radius 3 is 2.71 bits per heavy atom. The molecule has 0 aliphatic rings. The van der Waals surface area contributed by atoms with E-state index in [1.165, 1.54) is 0 Å². The van der Waals surface area contributed by atoms with Crippen LogP contribution in [0.1, 0.15) is 27.2 Å². The molecule has 5 nitrogen and oxygen atoms in total. The summed E-state index contributed by atoms with van der Waals surface area (Å²) in [6, 6.07) is 7.72. The summed E-state index contributed by atoms with van der Waals surface area (Å²) in [7, 11) is 0. The first-order valence-corrected chi connectivity index (χ1v) is 7.39. The Labute approximate surface area is 129 Å². The summed E-state index contributed by atoms with van der Waals surface area (Å²) >= 11 is 6.02. The van der Waals surface area contributed by atoms with E-state index in [-0.39, 0.29) is 6.10 Å². The highest BCUT2D eigenvalue weighted by Gasteiger charge is 2.10. The van der Waals surface area contributed by atoms with Gasteiger partial charge in [0, 0.05) is 17.1 Å². The van der Waals surface area contributed by atoms with E-state index in [1.807, 2.05) is 38.1 Å². The van der Waals surface area contributed by atoms with Crippen molar-refractivity contribution in [1.29, 1.82) is 0 Å². The predicted molar refractivity (Wildman–Crippen MR) is 84.8 cm³/mol. The van der Waals surface area contributed by atoms with Crippen LogP contribution in [0.2, 0.25) is 5.02 Å². The molecule has 1 N–H and O–H groups in total. The standard InChI is InChI=1S/C15H19ClN4O/c1-4-8-17-14-18-13(11-6-5-7-12(16)9-11)19-15(20-14)21-10(2)3/h5-7,9-10H,4,8H2,1-3H3,(H,17,18,19,20). The van der Waals surface area contributed by atoms with Crippen molar-refractivity contribution in [3.05, 3.63) is 29.3 Å². The number of halogens is 1. The number of hydrogen-bond donors (Lipinski definition) is 1. The Morgan fingerprint density at radius 2 is 2.05 bits per heavy atom. The molecule has 0 saturated heterocycles. The second-order valence-corrected chi connectivity index (χ2v) is 5.31. The van der Waals surface area contributed by atoms with Gasteiger partial charge in [-0.3, -0.25) is 0 Å². The summed E-state index contributed by atoms with van der Waals surface area (Å²) in [5.74, 6) is 1.05. The molecule has 112 valence electrons. The fraction of sp³-hybridized carbons (Fsp3) is 0.400. The molecule has 1 heterocycles. The molecule has 0 fully saturated rings. The van der Waals surface area contributed by atoms with Crippen LogP contribution >= 0.6 is 11.6 Å². The Kier molecular flexibility index (Phi) is 5.33. The number of aromatic nitrogens is 3. The lowest BCUT2D eigenvalue weighted by atomic mass is 10.2. The van der Waals surface area contributed by atoms with Crippen molar-refractivity contribution >= 4 is 17.5 Å². The highest BCUT2D eigenvalue weighted by molar-refractivity contribution is 6.30. The molecule has 1 aromatic heterocycles. The zero-order chi connectivity index (χ0) is 15.2. The molecule has 21 heavy (non-hydrogen) atoms. The molecule has 2 aromatic rings. The van der Waals surface area contributed by atoms with Gasteiger partial charge in [-0.15, -0.1) is 0 Å². The topological polar surface area (TPSA) is 59.9 Å². The monoisotopic (exact) mass is 306 g/mol. The Balaban J connectivity index is 2.38. The quantitative estimate of drug-likeness (QED) is 0.879. The summed E-state index contributed by atoms with van der Waals surface area (Å²) in [4.78, 5) is 13.0. The van der Waals surface area contributed by atoms with E-state index < -0.39 is 0 Å². The van der Waals surface area contributed by atoms with E-state index in [4.69, 9.17) is 16.3 Å². The second kappa shape index (κ2) is 7.22. The summed E-state index contributed by atoms with van der Waals surface area (Å²) < 4.78 is 5.59. The maximum Gasteiger partial charge on any atom is 0.322 e. The van der Waals surface area contributed by atoms with Gasteiger partial charge in [-0.2, -0.15) is 15.0 Å². The van der Waals surface area contributed by atoms with Crippen molar-refractivity contribution in [3.63, 3.8) is 0 Å². The average Bonchev–Trinajstić information content (AvgIpc) is 2.44. The Bertz CT molecular complexity index is 604. The number of ether oxygens (including phenoxy) is 1. The summed E-state index contributed by atoms with van der Waals surface area (Å²) in [5, 5.41) is 3.80. The van der Waals surface area contributed by atoms with E-state index in [0.29, 0.717) is 22.8 Å². The van der Waals surface area contributed by atoms with Crippen molar-refractivity contribution in [2.24, 2.45) is 0 Å².